The van der Waals surface area contributed by atoms with Crippen molar-refractivity contribution in [3.63, 3.8) is 0 Å². The molecule has 24 heavy (non-hydrogen) atoms. The van der Waals surface area contributed by atoms with Crippen molar-refractivity contribution >= 4 is 23.7 Å². The Kier molecular flexibility index (Phi) is 7.43. The lowest BCUT2D eigenvalue weighted by Crippen LogP contribution is -2.47. The maximum absolute atomic E-state index is 12.2. The Morgan fingerprint density at radius 3 is 3.00 bits per heavy atom. The highest BCUT2D eigenvalue weighted by Gasteiger charge is 2.26. The van der Waals surface area contributed by atoms with Crippen LogP contribution >= 0.6 is 11.8 Å². The standard InChI is InChI=1S/C18H27N3O2S/c1-14-5-2-6-15(11-14)13-24-10-4-8-20-17(22)16-7-3-9-21(12-16)18(19)23/h2,5-6,11,16H,3-4,7-10,12-13H2,1H3,(H2,19,23)(H,20,22). The number of nitrogens with zero attached hydrogens (tertiary/aromatic N) is 1. The van der Waals surface area contributed by atoms with Crippen LogP contribution in [0.3, 0.4) is 0 Å². The number of primary amides is 1. The summed E-state index contributed by atoms with van der Waals surface area (Å²) in [7, 11) is 0. The van der Waals surface area contributed by atoms with Crippen LogP contribution in [0.1, 0.15) is 30.4 Å². The smallest absolute Gasteiger partial charge is 0.314 e. The summed E-state index contributed by atoms with van der Waals surface area (Å²) in [6.07, 6.45) is 2.62. The van der Waals surface area contributed by atoms with Crippen molar-refractivity contribution in [2.45, 2.75) is 31.9 Å². The molecule has 0 bridgehead atoms. The number of nitrogens with two attached hydrogens (primary N) is 1. The van der Waals surface area contributed by atoms with Gasteiger partial charge < -0.3 is 16.0 Å². The minimum atomic E-state index is -0.431. The van der Waals surface area contributed by atoms with E-state index in [0.717, 1.165) is 30.8 Å². The average Bonchev–Trinajstić information content (AvgIpc) is 2.58. The van der Waals surface area contributed by atoms with E-state index in [1.165, 1.54) is 11.1 Å². The highest BCUT2D eigenvalue weighted by Crippen LogP contribution is 2.17. The molecule has 6 heteroatoms. The molecule has 1 aromatic carbocycles. The van der Waals surface area contributed by atoms with Crippen LogP contribution in [0, 0.1) is 12.8 Å². The number of thioether (sulfide) groups is 1. The van der Waals surface area contributed by atoms with Crippen molar-refractivity contribution < 1.29 is 9.59 Å². The molecule has 1 aliphatic rings. The summed E-state index contributed by atoms with van der Waals surface area (Å²) in [5.41, 5.74) is 7.93. The zero-order valence-corrected chi connectivity index (χ0v) is 15.1. The van der Waals surface area contributed by atoms with Gasteiger partial charge in [0.2, 0.25) is 5.91 Å². The fourth-order valence-electron chi connectivity index (χ4n) is 2.91. The number of carbonyl (C=O) groups excluding carboxylic acids is 2. The van der Waals surface area contributed by atoms with Crippen LogP contribution in [-0.2, 0) is 10.5 Å². The summed E-state index contributed by atoms with van der Waals surface area (Å²) >= 11 is 1.89. The highest BCUT2D eigenvalue weighted by molar-refractivity contribution is 7.98. The number of nitrogens with one attached hydrogen (secondary N) is 1. The van der Waals surface area contributed by atoms with Gasteiger partial charge in [0.05, 0.1) is 5.92 Å². The molecule has 3 N–H and O–H groups in total. The van der Waals surface area contributed by atoms with Gasteiger partial charge in [-0.3, -0.25) is 4.79 Å². The van der Waals surface area contributed by atoms with Crippen LogP contribution in [0.4, 0.5) is 4.79 Å². The molecule has 0 saturated carbocycles. The van der Waals surface area contributed by atoms with E-state index in [1.54, 1.807) is 4.90 Å². The molecule has 1 saturated heterocycles. The van der Waals surface area contributed by atoms with E-state index in [0.29, 0.717) is 19.6 Å². The van der Waals surface area contributed by atoms with Gasteiger partial charge in [-0.15, -0.1) is 0 Å². The first kappa shape index (κ1) is 18.6. The lowest BCUT2D eigenvalue weighted by molar-refractivity contribution is -0.126. The van der Waals surface area contributed by atoms with Crippen LogP contribution in [0.5, 0.6) is 0 Å². The number of carbonyl (C=O) groups is 2. The number of amides is 3. The Morgan fingerprint density at radius 1 is 1.42 bits per heavy atom. The van der Waals surface area contributed by atoms with Crippen LogP contribution in [-0.4, -0.2) is 42.2 Å². The topological polar surface area (TPSA) is 75.4 Å². The second-order valence-corrected chi connectivity index (χ2v) is 7.41. The van der Waals surface area contributed by atoms with Gasteiger partial charge in [-0.25, -0.2) is 4.79 Å². The van der Waals surface area contributed by atoms with E-state index < -0.39 is 6.03 Å². The summed E-state index contributed by atoms with van der Waals surface area (Å²) < 4.78 is 0. The summed E-state index contributed by atoms with van der Waals surface area (Å²) in [5.74, 6) is 1.95. The third kappa shape index (κ3) is 6.07. The largest absolute Gasteiger partial charge is 0.356 e. The molecule has 1 heterocycles. The Labute approximate surface area is 148 Å². The summed E-state index contributed by atoms with van der Waals surface area (Å²) in [5, 5.41) is 2.99. The predicted molar refractivity (Wildman–Crippen MR) is 98.8 cm³/mol. The van der Waals surface area contributed by atoms with E-state index >= 15 is 0 Å². The second-order valence-electron chi connectivity index (χ2n) is 6.31. The number of hydrogen-bond acceptors (Lipinski definition) is 3. The van der Waals surface area contributed by atoms with Crippen molar-refractivity contribution in [1.82, 2.24) is 10.2 Å². The molecule has 0 radical (unpaired) electrons. The molecule has 1 aromatic rings. The van der Waals surface area contributed by atoms with Gasteiger partial charge in [-0.1, -0.05) is 29.8 Å². The molecule has 2 rings (SSSR count). The van der Waals surface area contributed by atoms with Crippen molar-refractivity contribution in [1.29, 1.82) is 0 Å². The summed E-state index contributed by atoms with van der Waals surface area (Å²) in [4.78, 5) is 24.9. The van der Waals surface area contributed by atoms with Gasteiger partial charge in [0.1, 0.15) is 0 Å². The van der Waals surface area contributed by atoms with Crippen LogP contribution in [0.25, 0.3) is 0 Å². The molecule has 5 nitrogen and oxygen atoms in total. The van der Waals surface area contributed by atoms with Gasteiger partial charge in [0.25, 0.3) is 0 Å². The van der Waals surface area contributed by atoms with Crippen molar-refractivity contribution in [3.8, 4) is 0 Å². The van der Waals surface area contributed by atoms with Gasteiger partial charge >= 0.3 is 6.03 Å². The van der Waals surface area contributed by atoms with Gasteiger partial charge in [-0.05, 0) is 37.5 Å². The molecule has 132 valence electrons. The molecule has 1 atom stereocenters. The van der Waals surface area contributed by atoms with E-state index in [9.17, 15) is 9.59 Å². The third-order valence-electron chi connectivity index (χ3n) is 4.22. The first-order valence-electron chi connectivity index (χ1n) is 8.51. The summed E-state index contributed by atoms with van der Waals surface area (Å²) in [6, 6.07) is 8.12. The minimum absolute atomic E-state index is 0.0460. The second kappa shape index (κ2) is 9.57. The van der Waals surface area contributed by atoms with E-state index in [1.807, 2.05) is 11.8 Å². The van der Waals surface area contributed by atoms with Gasteiger partial charge in [0, 0.05) is 25.4 Å². The Bertz CT molecular complexity index is 565. The Hall–Kier alpha value is -1.69. The molecule has 1 fully saturated rings. The molecule has 0 aromatic heterocycles. The minimum Gasteiger partial charge on any atom is -0.356 e. The first-order valence-corrected chi connectivity index (χ1v) is 9.67. The number of piperidine rings is 1. The quantitative estimate of drug-likeness (QED) is 0.743. The van der Waals surface area contributed by atoms with E-state index in [2.05, 4.69) is 36.5 Å². The van der Waals surface area contributed by atoms with Crippen LogP contribution in [0.15, 0.2) is 24.3 Å². The zero-order valence-electron chi connectivity index (χ0n) is 14.3. The van der Waals surface area contributed by atoms with Crippen molar-refractivity contribution in [2.24, 2.45) is 11.7 Å². The molecule has 0 spiro atoms. The summed E-state index contributed by atoms with van der Waals surface area (Å²) in [6.45, 7) is 3.90. The third-order valence-corrected chi connectivity index (χ3v) is 5.33. The van der Waals surface area contributed by atoms with Crippen LogP contribution in [0.2, 0.25) is 0 Å². The van der Waals surface area contributed by atoms with Crippen molar-refractivity contribution in [2.75, 3.05) is 25.4 Å². The zero-order chi connectivity index (χ0) is 17.4. The Morgan fingerprint density at radius 2 is 2.25 bits per heavy atom. The van der Waals surface area contributed by atoms with E-state index in [4.69, 9.17) is 5.73 Å². The fourth-order valence-corrected chi connectivity index (χ4v) is 3.82. The maximum atomic E-state index is 12.2. The average molecular weight is 350 g/mol. The van der Waals surface area contributed by atoms with Gasteiger partial charge in [-0.2, -0.15) is 11.8 Å². The highest BCUT2D eigenvalue weighted by atomic mass is 32.2. The van der Waals surface area contributed by atoms with Crippen molar-refractivity contribution in [3.05, 3.63) is 35.4 Å². The number of benzene rings is 1. The van der Waals surface area contributed by atoms with Crippen LogP contribution < -0.4 is 11.1 Å². The number of likely N-dealkylation sites (tertiary alicyclic amines) is 1. The molecular weight excluding hydrogens is 322 g/mol. The molecule has 3 amide bonds. The number of hydrogen-bond donors (Lipinski definition) is 2. The molecule has 1 aliphatic heterocycles. The molecule has 0 aliphatic carbocycles. The molecule has 1 unspecified atom stereocenters. The number of rotatable bonds is 7. The Balaban J connectivity index is 1.58. The monoisotopic (exact) mass is 349 g/mol. The molecular formula is C18H27N3O2S. The maximum Gasteiger partial charge on any atom is 0.314 e. The van der Waals surface area contributed by atoms with E-state index in [-0.39, 0.29) is 11.8 Å². The lowest BCUT2D eigenvalue weighted by atomic mass is 9.97. The predicted octanol–water partition coefficient (Wildman–Crippen LogP) is 2.53. The number of aryl methyl sites for hydroxylation is 1. The number of urea groups is 1. The normalized spacial score (nSPS) is 17.5. The lowest BCUT2D eigenvalue weighted by Gasteiger charge is -2.30. The fraction of sp³-hybridized carbons (Fsp3) is 0.556. The first-order chi connectivity index (χ1) is 11.6. The SMILES string of the molecule is Cc1cccc(CSCCCNC(=O)C2CCCN(C(N)=O)C2)c1. The van der Waals surface area contributed by atoms with Gasteiger partial charge in [0.15, 0.2) is 0 Å².